The van der Waals surface area contributed by atoms with E-state index < -0.39 is 0 Å². The molecule has 3 rings (SSSR count). The second-order valence-electron chi connectivity index (χ2n) is 4.76. The van der Waals surface area contributed by atoms with Crippen molar-refractivity contribution in [1.82, 2.24) is 15.5 Å². The largest absolute Gasteiger partial charge is 0.374 e. The molecule has 0 radical (unpaired) electrons. The zero-order valence-corrected chi connectivity index (χ0v) is 9.64. The summed E-state index contributed by atoms with van der Waals surface area (Å²) in [5, 5.41) is 7.55. The van der Waals surface area contributed by atoms with Gasteiger partial charge in [0.25, 0.3) is 0 Å². The fourth-order valence-corrected chi connectivity index (χ4v) is 2.77. The van der Waals surface area contributed by atoms with Crippen LogP contribution in [0.3, 0.4) is 0 Å². The second-order valence-corrected chi connectivity index (χ2v) is 4.76. The minimum absolute atomic E-state index is 0.0935. The Balaban J connectivity index is 1.77. The normalized spacial score (nSPS) is 34.5. The molecule has 2 saturated heterocycles. The molecule has 2 aliphatic heterocycles. The van der Waals surface area contributed by atoms with E-state index in [1.165, 1.54) is 12.8 Å². The molecule has 5 heteroatoms. The van der Waals surface area contributed by atoms with E-state index in [-0.39, 0.29) is 6.10 Å². The smallest absolute Gasteiger partial charge is 0.231 e. The molecule has 16 heavy (non-hydrogen) atoms. The van der Waals surface area contributed by atoms with Gasteiger partial charge in [0.2, 0.25) is 5.89 Å². The third-order valence-corrected chi connectivity index (χ3v) is 3.79. The maximum Gasteiger partial charge on any atom is 0.231 e. The average molecular weight is 223 g/mol. The Labute approximate surface area is 94.6 Å². The number of nitrogens with one attached hydrogen (secondary N) is 1. The van der Waals surface area contributed by atoms with E-state index in [2.05, 4.69) is 15.5 Å². The number of nitrogens with zero attached hydrogens (tertiary/aromatic N) is 2. The standard InChI is InChI=1S/C11H17N3O2/c1-6(15-2)10-13-11(16-14-10)8-5-7-3-4-9(8)12-7/h6-9,12H,3-5H2,1-2H3. The van der Waals surface area contributed by atoms with Gasteiger partial charge in [-0.2, -0.15) is 4.98 Å². The predicted octanol–water partition coefficient (Wildman–Crippen LogP) is 1.38. The van der Waals surface area contributed by atoms with E-state index in [4.69, 9.17) is 9.26 Å². The third-order valence-electron chi connectivity index (χ3n) is 3.79. The summed E-state index contributed by atoms with van der Waals surface area (Å²) < 4.78 is 10.5. The molecule has 1 aromatic heterocycles. The van der Waals surface area contributed by atoms with Crippen LogP contribution < -0.4 is 5.32 Å². The maximum atomic E-state index is 5.34. The fourth-order valence-electron chi connectivity index (χ4n) is 2.77. The predicted molar refractivity (Wildman–Crippen MR) is 57.0 cm³/mol. The number of fused-ring (bicyclic) bond motifs is 2. The van der Waals surface area contributed by atoms with Crippen LogP contribution in [0.4, 0.5) is 0 Å². The van der Waals surface area contributed by atoms with Crippen LogP contribution in [0.5, 0.6) is 0 Å². The lowest BCUT2D eigenvalue weighted by molar-refractivity contribution is 0.109. The molecule has 0 aliphatic carbocycles. The zero-order chi connectivity index (χ0) is 11.1. The van der Waals surface area contributed by atoms with E-state index >= 15 is 0 Å². The van der Waals surface area contributed by atoms with Crippen molar-refractivity contribution in [2.45, 2.75) is 50.3 Å². The van der Waals surface area contributed by atoms with Crippen molar-refractivity contribution >= 4 is 0 Å². The number of methoxy groups -OCH3 is 1. The summed E-state index contributed by atoms with van der Waals surface area (Å²) in [6.45, 7) is 1.92. The van der Waals surface area contributed by atoms with Crippen LogP contribution in [0.1, 0.15) is 49.9 Å². The molecule has 1 aromatic rings. The Morgan fingerprint density at radius 3 is 3.00 bits per heavy atom. The van der Waals surface area contributed by atoms with E-state index in [9.17, 15) is 0 Å². The van der Waals surface area contributed by atoms with Crippen LogP contribution in [-0.2, 0) is 4.74 Å². The van der Waals surface area contributed by atoms with Gasteiger partial charge in [-0.25, -0.2) is 0 Å². The first-order valence-corrected chi connectivity index (χ1v) is 5.90. The van der Waals surface area contributed by atoms with Gasteiger partial charge in [0.05, 0.1) is 5.92 Å². The minimum Gasteiger partial charge on any atom is -0.374 e. The Hall–Kier alpha value is -0.940. The fraction of sp³-hybridized carbons (Fsp3) is 0.818. The first-order chi connectivity index (χ1) is 7.78. The molecule has 0 amide bonds. The number of hydrogen-bond donors (Lipinski definition) is 1. The number of ether oxygens (including phenoxy) is 1. The van der Waals surface area contributed by atoms with Crippen LogP contribution in [0, 0.1) is 0 Å². The van der Waals surface area contributed by atoms with E-state index in [0.29, 0.717) is 23.8 Å². The van der Waals surface area contributed by atoms with Crippen LogP contribution in [0.15, 0.2) is 4.52 Å². The summed E-state index contributed by atoms with van der Waals surface area (Å²) in [7, 11) is 1.65. The highest BCUT2D eigenvalue weighted by molar-refractivity contribution is 5.10. The molecule has 1 N–H and O–H groups in total. The van der Waals surface area contributed by atoms with Crippen molar-refractivity contribution < 1.29 is 9.26 Å². The van der Waals surface area contributed by atoms with Crippen molar-refractivity contribution in [3.63, 3.8) is 0 Å². The summed E-state index contributed by atoms with van der Waals surface area (Å²) in [5.41, 5.74) is 0. The van der Waals surface area contributed by atoms with Crippen molar-refractivity contribution in [2.24, 2.45) is 0 Å². The van der Waals surface area contributed by atoms with Gasteiger partial charge in [-0.15, -0.1) is 0 Å². The molecule has 2 aliphatic rings. The summed E-state index contributed by atoms with van der Waals surface area (Å²) in [4.78, 5) is 4.44. The Kier molecular flexibility index (Phi) is 2.44. The first kappa shape index (κ1) is 10.2. The molecule has 0 aromatic carbocycles. The van der Waals surface area contributed by atoms with E-state index in [1.807, 2.05) is 6.92 Å². The third kappa shape index (κ3) is 1.55. The molecule has 5 nitrogen and oxygen atoms in total. The van der Waals surface area contributed by atoms with Gasteiger partial charge < -0.3 is 14.6 Å². The van der Waals surface area contributed by atoms with Crippen molar-refractivity contribution in [3.05, 3.63) is 11.7 Å². The molecule has 2 fully saturated rings. The lowest BCUT2D eigenvalue weighted by Crippen LogP contribution is -2.21. The number of aromatic nitrogens is 2. The highest BCUT2D eigenvalue weighted by Gasteiger charge is 2.42. The van der Waals surface area contributed by atoms with Crippen LogP contribution in [0.25, 0.3) is 0 Å². The highest BCUT2D eigenvalue weighted by atomic mass is 16.5. The maximum absolute atomic E-state index is 5.34. The molecule has 0 saturated carbocycles. The van der Waals surface area contributed by atoms with Gasteiger partial charge in [-0.05, 0) is 26.2 Å². The average Bonchev–Trinajstić information content (AvgIpc) is 3.02. The van der Waals surface area contributed by atoms with Crippen LogP contribution in [0.2, 0.25) is 0 Å². The molecular formula is C11H17N3O2. The van der Waals surface area contributed by atoms with Crippen molar-refractivity contribution in [3.8, 4) is 0 Å². The molecule has 4 atom stereocenters. The summed E-state index contributed by atoms with van der Waals surface area (Å²) in [5.74, 6) is 1.84. The first-order valence-electron chi connectivity index (χ1n) is 5.90. The number of rotatable bonds is 3. The monoisotopic (exact) mass is 223 g/mol. The van der Waals surface area contributed by atoms with E-state index in [1.54, 1.807) is 7.11 Å². The topological polar surface area (TPSA) is 60.2 Å². The molecule has 88 valence electrons. The van der Waals surface area contributed by atoms with Gasteiger partial charge in [0.15, 0.2) is 5.82 Å². The van der Waals surface area contributed by atoms with Gasteiger partial charge in [0, 0.05) is 19.2 Å². The lowest BCUT2D eigenvalue weighted by atomic mass is 9.89. The molecule has 3 heterocycles. The van der Waals surface area contributed by atoms with Crippen LogP contribution >= 0.6 is 0 Å². The van der Waals surface area contributed by atoms with Gasteiger partial charge in [0.1, 0.15) is 6.10 Å². The van der Waals surface area contributed by atoms with E-state index in [0.717, 1.165) is 12.3 Å². The summed E-state index contributed by atoms with van der Waals surface area (Å²) in [6, 6.07) is 1.20. The number of hydrogen-bond acceptors (Lipinski definition) is 5. The minimum atomic E-state index is -0.0935. The molecule has 0 spiro atoms. The quantitative estimate of drug-likeness (QED) is 0.839. The molecule has 4 unspecified atom stereocenters. The van der Waals surface area contributed by atoms with Crippen molar-refractivity contribution in [1.29, 1.82) is 0 Å². The van der Waals surface area contributed by atoms with Gasteiger partial charge >= 0.3 is 0 Å². The van der Waals surface area contributed by atoms with Gasteiger partial charge in [-0.1, -0.05) is 5.16 Å². The zero-order valence-electron chi connectivity index (χ0n) is 9.64. The Morgan fingerprint density at radius 2 is 2.38 bits per heavy atom. The Bertz CT molecular complexity index is 379. The SMILES string of the molecule is COC(C)c1noc(C2CC3CCC2N3)n1. The lowest BCUT2D eigenvalue weighted by Gasteiger charge is -2.15. The Morgan fingerprint density at radius 1 is 1.50 bits per heavy atom. The van der Waals surface area contributed by atoms with Crippen LogP contribution in [-0.4, -0.2) is 29.3 Å². The van der Waals surface area contributed by atoms with Crippen molar-refractivity contribution in [2.75, 3.05) is 7.11 Å². The van der Waals surface area contributed by atoms with Gasteiger partial charge in [-0.3, -0.25) is 0 Å². The second kappa shape index (κ2) is 3.82. The summed E-state index contributed by atoms with van der Waals surface area (Å²) in [6.07, 6.45) is 3.56. The highest BCUT2D eigenvalue weighted by Crippen LogP contribution is 2.39. The molecule has 2 bridgehead atoms. The summed E-state index contributed by atoms with van der Waals surface area (Å²) >= 11 is 0. The molecular weight excluding hydrogens is 206 g/mol.